The zero-order valence-electron chi connectivity index (χ0n) is 27.4. The average molecular weight is 665 g/mol. The second-order valence-corrected chi connectivity index (χ2v) is 12.0. The first-order chi connectivity index (χ1) is 23.4. The molecule has 6 rings (SSSR count). The zero-order chi connectivity index (χ0) is 33.8. The highest BCUT2D eigenvalue weighted by Crippen LogP contribution is 2.38. The summed E-state index contributed by atoms with van der Waals surface area (Å²) in [6, 6.07) is 24.4. The molecule has 0 N–H and O–H groups in total. The van der Waals surface area contributed by atoms with Crippen LogP contribution in [0.3, 0.4) is 0 Å². The van der Waals surface area contributed by atoms with Crippen molar-refractivity contribution < 1.29 is 28.5 Å². The van der Waals surface area contributed by atoms with Crippen LogP contribution in [0, 0.1) is 0 Å². The third kappa shape index (κ3) is 6.31. The van der Waals surface area contributed by atoms with Crippen molar-refractivity contribution in [2.24, 2.45) is 4.99 Å². The maximum atomic E-state index is 14.2. The minimum absolute atomic E-state index is 0.177. The molecule has 1 aliphatic heterocycles. The number of thiazole rings is 1. The van der Waals surface area contributed by atoms with Crippen molar-refractivity contribution in [3.05, 3.63) is 127 Å². The van der Waals surface area contributed by atoms with Gasteiger partial charge in [-0.3, -0.25) is 9.36 Å². The van der Waals surface area contributed by atoms with Gasteiger partial charge in [0.15, 0.2) is 16.3 Å². The summed E-state index contributed by atoms with van der Waals surface area (Å²) in [5.74, 6) is 1.67. The van der Waals surface area contributed by atoms with Crippen LogP contribution in [-0.4, -0.2) is 38.0 Å². The number of esters is 1. The maximum absolute atomic E-state index is 14.2. The lowest BCUT2D eigenvalue weighted by molar-refractivity contribution is -0.139. The number of hydrogen-bond donors (Lipinski definition) is 0. The smallest absolute Gasteiger partial charge is 0.338 e. The molecule has 0 saturated heterocycles. The Bertz CT molecular complexity index is 2210. The molecule has 0 bridgehead atoms. The number of aromatic nitrogens is 1. The summed E-state index contributed by atoms with van der Waals surface area (Å²) in [7, 11) is 3.10. The number of carbonyl (C=O) groups is 1. The van der Waals surface area contributed by atoms with Crippen LogP contribution < -0.4 is 33.8 Å². The van der Waals surface area contributed by atoms with Crippen LogP contribution in [0.4, 0.5) is 0 Å². The summed E-state index contributed by atoms with van der Waals surface area (Å²) in [6.07, 6.45) is 1.80. The molecule has 0 fully saturated rings. The minimum Gasteiger partial charge on any atom is -0.497 e. The topological polar surface area (TPSA) is 97.6 Å². The molecule has 48 heavy (non-hydrogen) atoms. The molecule has 2 heterocycles. The normalized spacial score (nSPS) is 14.4. The van der Waals surface area contributed by atoms with E-state index in [0.29, 0.717) is 56.8 Å². The molecule has 1 unspecified atom stereocenters. The molecule has 1 aliphatic rings. The Labute approximate surface area is 281 Å². The number of methoxy groups -OCH3 is 2. The van der Waals surface area contributed by atoms with E-state index in [1.165, 1.54) is 23.0 Å². The fraction of sp³-hybridized carbons (Fsp3) is 0.237. The molecular weight excluding hydrogens is 628 g/mol. The van der Waals surface area contributed by atoms with Gasteiger partial charge in [0, 0.05) is 11.6 Å². The Morgan fingerprint density at radius 1 is 0.896 bits per heavy atom. The van der Waals surface area contributed by atoms with Gasteiger partial charge < -0.3 is 23.7 Å². The number of ether oxygens (including phenoxy) is 5. The van der Waals surface area contributed by atoms with E-state index in [4.69, 9.17) is 23.7 Å². The first-order valence-corrected chi connectivity index (χ1v) is 16.5. The lowest BCUT2D eigenvalue weighted by Crippen LogP contribution is -2.40. The van der Waals surface area contributed by atoms with Crippen LogP contribution in [0.15, 0.2) is 99.9 Å². The largest absolute Gasteiger partial charge is 0.497 e. The van der Waals surface area contributed by atoms with Crippen molar-refractivity contribution in [1.82, 2.24) is 4.57 Å². The van der Waals surface area contributed by atoms with Gasteiger partial charge in [-0.15, -0.1) is 0 Å². The molecule has 1 atom stereocenters. The van der Waals surface area contributed by atoms with E-state index < -0.39 is 12.0 Å². The molecule has 0 amide bonds. The van der Waals surface area contributed by atoms with Crippen LogP contribution >= 0.6 is 11.3 Å². The highest BCUT2D eigenvalue weighted by molar-refractivity contribution is 7.07. The second kappa shape index (κ2) is 14.2. The summed E-state index contributed by atoms with van der Waals surface area (Å²) in [5, 5.41) is 2.29. The second-order valence-electron chi connectivity index (χ2n) is 11.0. The van der Waals surface area contributed by atoms with E-state index >= 15 is 0 Å². The Kier molecular flexibility index (Phi) is 9.63. The summed E-state index contributed by atoms with van der Waals surface area (Å²) in [5.41, 5.74) is 2.86. The minimum atomic E-state index is -0.827. The third-order valence-corrected chi connectivity index (χ3v) is 9.06. The number of hydrogen-bond acceptors (Lipinski definition) is 9. The highest BCUT2D eigenvalue weighted by atomic mass is 32.1. The van der Waals surface area contributed by atoms with Crippen molar-refractivity contribution in [1.29, 1.82) is 0 Å². The number of allylic oxidation sites excluding steroid dienone is 1. The standard InChI is InChI=1S/C38H36N2O7S/c1-6-45-32-19-24(15-18-30(32)47-22-26-13-10-12-25-11-8-9-14-28(25)26)20-33-36(41)40-35(29-17-16-27(43-4)21-31(29)44-5)34(37(42)46-7-2)23(3)39-38(40)48-33/h8-21,35H,6-7,22H2,1-5H3. The van der Waals surface area contributed by atoms with Gasteiger partial charge in [-0.05, 0) is 73.0 Å². The maximum Gasteiger partial charge on any atom is 0.338 e. The highest BCUT2D eigenvalue weighted by Gasteiger charge is 2.35. The van der Waals surface area contributed by atoms with Gasteiger partial charge in [0.25, 0.3) is 5.56 Å². The predicted octanol–water partition coefficient (Wildman–Crippen LogP) is 5.95. The first kappa shape index (κ1) is 32.6. The lowest BCUT2D eigenvalue weighted by Gasteiger charge is -2.26. The Balaban J connectivity index is 1.40. The van der Waals surface area contributed by atoms with Gasteiger partial charge >= 0.3 is 5.97 Å². The summed E-state index contributed by atoms with van der Waals surface area (Å²) >= 11 is 1.24. The van der Waals surface area contributed by atoms with Gasteiger partial charge in [-0.1, -0.05) is 59.9 Å². The SMILES string of the molecule is CCOC(=O)C1=C(C)N=c2sc(=Cc3ccc(OCc4cccc5ccccc45)c(OCC)c3)c(=O)n2C1c1ccc(OC)cc1OC. The van der Waals surface area contributed by atoms with E-state index in [1.807, 2.05) is 43.3 Å². The van der Waals surface area contributed by atoms with Crippen LogP contribution in [-0.2, 0) is 16.1 Å². The molecule has 246 valence electrons. The third-order valence-electron chi connectivity index (χ3n) is 8.08. The van der Waals surface area contributed by atoms with Crippen LogP contribution in [0.25, 0.3) is 16.8 Å². The molecule has 0 aliphatic carbocycles. The van der Waals surface area contributed by atoms with E-state index in [0.717, 1.165) is 21.9 Å². The van der Waals surface area contributed by atoms with Crippen LogP contribution in [0.5, 0.6) is 23.0 Å². The van der Waals surface area contributed by atoms with E-state index in [-0.39, 0.29) is 17.7 Å². The van der Waals surface area contributed by atoms with E-state index in [2.05, 4.69) is 29.3 Å². The lowest BCUT2D eigenvalue weighted by atomic mass is 9.95. The molecule has 5 aromatic rings. The van der Waals surface area contributed by atoms with Crippen molar-refractivity contribution in [2.45, 2.75) is 33.4 Å². The van der Waals surface area contributed by atoms with E-state index in [9.17, 15) is 9.59 Å². The van der Waals surface area contributed by atoms with Crippen molar-refractivity contribution in [3.8, 4) is 23.0 Å². The quantitative estimate of drug-likeness (QED) is 0.161. The number of nitrogens with zero attached hydrogens (tertiary/aromatic N) is 2. The average Bonchev–Trinajstić information content (AvgIpc) is 3.40. The Hall–Kier alpha value is -5.35. The Morgan fingerprint density at radius 3 is 2.48 bits per heavy atom. The van der Waals surface area contributed by atoms with Gasteiger partial charge in [0.2, 0.25) is 0 Å². The monoisotopic (exact) mass is 664 g/mol. The van der Waals surface area contributed by atoms with Crippen molar-refractivity contribution >= 4 is 34.2 Å². The van der Waals surface area contributed by atoms with Crippen LogP contribution in [0.2, 0.25) is 0 Å². The molecular formula is C38H36N2O7S. The number of benzene rings is 4. The molecule has 0 radical (unpaired) electrons. The zero-order valence-corrected chi connectivity index (χ0v) is 28.3. The van der Waals surface area contributed by atoms with Gasteiger partial charge in [0.1, 0.15) is 24.1 Å². The molecule has 10 heteroatoms. The summed E-state index contributed by atoms with van der Waals surface area (Å²) < 4.78 is 30.7. The first-order valence-electron chi connectivity index (χ1n) is 15.6. The fourth-order valence-electron chi connectivity index (χ4n) is 5.86. The molecule has 1 aromatic heterocycles. The summed E-state index contributed by atoms with van der Waals surface area (Å²) in [4.78, 5) is 32.7. The number of carbonyl (C=O) groups excluding carboxylic acids is 1. The fourth-order valence-corrected chi connectivity index (χ4v) is 6.90. The summed E-state index contributed by atoms with van der Waals surface area (Å²) in [6.45, 7) is 6.39. The van der Waals surface area contributed by atoms with Crippen molar-refractivity contribution in [2.75, 3.05) is 27.4 Å². The van der Waals surface area contributed by atoms with E-state index in [1.54, 1.807) is 45.2 Å². The molecule has 4 aromatic carbocycles. The molecule has 0 spiro atoms. The van der Waals surface area contributed by atoms with Crippen molar-refractivity contribution in [3.63, 3.8) is 0 Å². The molecule has 0 saturated carbocycles. The van der Waals surface area contributed by atoms with Gasteiger partial charge in [0.05, 0.1) is 43.2 Å². The van der Waals surface area contributed by atoms with Gasteiger partial charge in [-0.2, -0.15) is 0 Å². The van der Waals surface area contributed by atoms with Gasteiger partial charge in [-0.25, -0.2) is 9.79 Å². The number of rotatable bonds is 11. The Morgan fingerprint density at radius 2 is 1.71 bits per heavy atom. The molecule has 9 nitrogen and oxygen atoms in total. The number of fused-ring (bicyclic) bond motifs is 2. The predicted molar refractivity (Wildman–Crippen MR) is 186 cm³/mol. The van der Waals surface area contributed by atoms with Crippen LogP contribution in [0.1, 0.15) is 43.5 Å².